The van der Waals surface area contributed by atoms with E-state index in [9.17, 15) is 0 Å². The van der Waals surface area contributed by atoms with Crippen LogP contribution in [0, 0.1) is 0 Å². The van der Waals surface area contributed by atoms with Crippen LogP contribution in [-0.2, 0) is 0 Å². The van der Waals surface area contributed by atoms with Crippen LogP contribution in [0.15, 0.2) is 199 Å². The highest BCUT2D eigenvalue weighted by Crippen LogP contribution is 2.52. The van der Waals surface area contributed by atoms with Gasteiger partial charge in [0, 0.05) is 27.3 Å². The van der Waals surface area contributed by atoms with Crippen molar-refractivity contribution in [1.29, 1.82) is 0 Å². The standard InChI is InChI=1S/C54H32O2/c1-3-12-33(13-4-1)44-26-35-16-7-9-18-37(35)28-46(44)39-22-24-41-48-32-52-53(43-20-11-21-49(54(43)48)55-50(41)30-39)42-25-23-40(31-51(42)56-52)47-29-38-19-10-8-17-36(38)27-45(47)34-14-5-2-6-15-34/h1-32H. The van der Waals surface area contributed by atoms with E-state index in [1.165, 1.54) is 54.9 Å². The Kier molecular flexibility index (Phi) is 6.66. The third-order valence-electron chi connectivity index (χ3n) is 11.6. The maximum atomic E-state index is 6.84. The fourth-order valence-corrected chi connectivity index (χ4v) is 8.97. The number of hydrogen-bond acceptors (Lipinski definition) is 2. The lowest BCUT2D eigenvalue weighted by Gasteiger charge is -2.23. The number of rotatable bonds is 4. The summed E-state index contributed by atoms with van der Waals surface area (Å²) in [5.41, 5.74) is 13.3. The van der Waals surface area contributed by atoms with Gasteiger partial charge in [0.25, 0.3) is 0 Å². The minimum Gasteiger partial charge on any atom is -0.456 e. The van der Waals surface area contributed by atoms with Crippen LogP contribution in [0.25, 0.3) is 110 Å². The Balaban J connectivity index is 1.02. The van der Waals surface area contributed by atoms with Crippen LogP contribution in [0.3, 0.4) is 0 Å². The van der Waals surface area contributed by atoms with Gasteiger partial charge in [-0.15, -0.1) is 0 Å². The molecule has 0 saturated carbocycles. The van der Waals surface area contributed by atoms with Gasteiger partial charge in [0.15, 0.2) is 0 Å². The number of furan rings is 1. The lowest BCUT2D eigenvalue weighted by molar-refractivity contribution is 0.487. The second-order valence-electron chi connectivity index (χ2n) is 14.8. The fraction of sp³-hybridized carbons (Fsp3) is 0. The Morgan fingerprint density at radius 1 is 0.268 bits per heavy atom. The first-order valence-electron chi connectivity index (χ1n) is 19.1. The highest BCUT2D eigenvalue weighted by atomic mass is 16.5. The molecular weight excluding hydrogens is 681 g/mol. The van der Waals surface area contributed by atoms with E-state index < -0.39 is 0 Å². The molecule has 1 aromatic heterocycles. The number of fused-ring (bicyclic) bond motifs is 8. The first kappa shape index (κ1) is 31.0. The number of hydrogen-bond donors (Lipinski definition) is 0. The second-order valence-corrected chi connectivity index (χ2v) is 14.8. The predicted molar refractivity (Wildman–Crippen MR) is 233 cm³/mol. The van der Waals surface area contributed by atoms with Gasteiger partial charge in [-0.05, 0) is 132 Å². The van der Waals surface area contributed by atoms with Gasteiger partial charge in [-0.2, -0.15) is 0 Å². The Labute approximate surface area is 323 Å². The van der Waals surface area contributed by atoms with Crippen molar-refractivity contribution in [3.05, 3.63) is 194 Å². The molecule has 0 unspecified atom stereocenters. The van der Waals surface area contributed by atoms with Gasteiger partial charge < -0.3 is 9.15 Å². The van der Waals surface area contributed by atoms with E-state index >= 15 is 0 Å². The predicted octanol–water partition coefficient (Wildman–Crippen LogP) is 15.5. The highest BCUT2D eigenvalue weighted by molar-refractivity contribution is 6.24. The van der Waals surface area contributed by atoms with Crippen molar-refractivity contribution in [3.8, 4) is 67.1 Å². The summed E-state index contributed by atoms with van der Waals surface area (Å²) in [7, 11) is 0. The van der Waals surface area contributed by atoms with E-state index in [0.717, 1.165) is 66.5 Å². The molecule has 1 aliphatic rings. The molecule has 11 aromatic rings. The molecule has 260 valence electrons. The molecule has 2 nitrogen and oxygen atoms in total. The van der Waals surface area contributed by atoms with Gasteiger partial charge >= 0.3 is 0 Å². The van der Waals surface area contributed by atoms with Crippen molar-refractivity contribution in [2.45, 2.75) is 0 Å². The molecule has 0 atom stereocenters. The van der Waals surface area contributed by atoms with Crippen molar-refractivity contribution in [1.82, 2.24) is 0 Å². The Hall–Kier alpha value is -7.42. The average Bonchev–Trinajstić information content (AvgIpc) is 3.64. The molecule has 1 aliphatic heterocycles. The summed E-state index contributed by atoms with van der Waals surface area (Å²) in [6, 6.07) is 69.7. The average molecular weight is 713 g/mol. The summed E-state index contributed by atoms with van der Waals surface area (Å²) in [5.74, 6) is 1.71. The van der Waals surface area contributed by atoms with Gasteiger partial charge in [-0.1, -0.05) is 133 Å². The van der Waals surface area contributed by atoms with Crippen LogP contribution in [-0.4, -0.2) is 0 Å². The van der Waals surface area contributed by atoms with Crippen LogP contribution in [0.4, 0.5) is 0 Å². The van der Waals surface area contributed by atoms with Crippen molar-refractivity contribution in [2.24, 2.45) is 0 Å². The molecule has 2 heteroatoms. The van der Waals surface area contributed by atoms with E-state index in [1.807, 2.05) is 0 Å². The SMILES string of the molecule is c1ccc(-c2cc3ccccc3cc2-c2ccc3c(c2)Oc2cccc4c2c-3cc2oc3cc(-c5cc6ccccc6cc5-c5ccccc5)ccc3c24)cc1. The minimum absolute atomic E-state index is 0.845. The summed E-state index contributed by atoms with van der Waals surface area (Å²) in [6.07, 6.45) is 0. The summed E-state index contributed by atoms with van der Waals surface area (Å²) in [6.45, 7) is 0. The monoisotopic (exact) mass is 712 g/mol. The van der Waals surface area contributed by atoms with Crippen molar-refractivity contribution in [3.63, 3.8) is 0 Å². The Morgan fingerprint density at radius 2 is 0.804 bits per heavy atom. The number of ether oxygens (including phenoxy) is 1. The largest absolute Gasteiger partial charge is 0.456 e. The van der Waals surface area contributed by atoms with Crippen LogP contribution in [0.1, 0.15) is 0 Å². The third kappa shape index (κ3) is 4.76. The van der Waals surface area contributed by atoms with Gasteiger partial charge in [-0.25, -0.2) is 0 Å². The molecule has 0 bridgehead atoms. The molecule has 0 spiro atoms. The van der Waals surface area contributed by atoms with Gasteiger partial charge in [0.1, 0.15) is 22.7 Å². The van der Waals surface area contributed by atoms with E-state index in [1.54, 1.807) is 0 Å². The molecule has 0 fully saturated rings. The molecule has 12 rings (SSSR count). The summed E-state index contributed by atoms with van der Waals surface area (Å²) >= 11 is 0. The molecule has 0 aliphatic carbocycles. The molecule has 0 radical (unpaired) electrons. The molecule has 2 heterocycles. The van der Waals surface area contributed by atoms with Gasteiger partial charge in [0.2, 0.25) is 0 Å². The lowest BCUT2D eigenvalue weighted by atomic mass is 9.88. The van der Waals surface area contributed by atoms with E-state index in [2.05, 4.69) is 194 Å². The topological polar surface area (TPSA) is 22.4 Å². The molecule has 10 aromatic carbocycles. The van der Waals surface area contributed by atoms with E-state index in [-0.39, 0.29) is 0 Å². The molecule has 0 N–H and O–H groups in total. The Morgan fingerprint density at radius 3 is 1.41 bits per heavy atom. The lowest BCUT2D eigenvalue weighted by Crippen LogP contribution is -1.98. The molecule has 0 saturated heterocycles. The van der Waals surface area contributed by atoms with Crippen molar-refractivity contribution in [2.75, 3.05) is 0 Å². The van der Waals surface area contributed by atoms with Crippen LogP contribution >= 0.6 is 0 Å². The smallest absolute Gasteiger partial charge is 0.136 e. The van der Waals surface area contributed by atoms with Crippen LogP contribution < -0.4 is 4.74 Å². The quantitative estimate of drug-likeness (QED) is 0.181. The normalized spacial score (nSPS) is 12.1. The van der Waals surface area contributed by atoms with Gasteiger partial charge in [-0.3, -0.25) is 0 Å². The maximum Gasteiger partial charge on any atom is 0.136 e. The van der Waals surface area contributed by atoms with Crippen LogP contribution in [0.5, 0.6) is 11.5 Å². The zero-order valence-corrected chi connectivity index (χ0v) is 30.3. The number of benzene rings is 10. The van der Waals surface area contributed by atoms with E-state index in [0.29, 0.717) is 0 Å². The first-order chi connectivity index (χ1) is 27.7. The zero-order valence-electron chi connectivity index (χ0n) is 30.3. The molecule has 0 amide bonds. The molecular formula is C54H32O2. The van der Waals surface area contributed by atoms with E-state index in [4.69, 9.17) is 9.15 Å². The van der Waals surface area contributed by atoms with Gasteiger partial charge in [0.05, 0.1) is 0 Å². The maximum absolute atomic E-state index is 6.84. The van der Waals surface area contributed by atoms with Crippen molar-refractivity contribution < 1.29 is 9.15 Å². The fourth-order valence-electron chi connectivity index (χ4n) is 8.97. The highest BCUT2D eigenvalue weighted by Gasteiger charge is 2.25. The second kappa shape index (κ2) is 12.0. The first-order valence-corrected chi connectivity index (χ1v) is 19.1. The Bertz CT molecular complexity index is 3370. The third-order valence-corrected chi connectivity index (χ3v) is 11.6. The van der Waals surface area contributed by atoms with Crippen molar-refractivity contribution >= 4 is 54.3 Å². The van der Waals surface area contributed by atoms with Crippen LogP contribution in [0.2, 0.25) is 0 Å². The molecule has 56 heavy (non-hydrogen) atoms. The summed E-state index contributed by atoms with van der Waals surface area (Å²) in [4.78, 5) is 0. The summed E-state index contributed by atoms with van der Waals surface area (Å²) < 4.78 is 13.7. The zero-order chi connectivity index (χ0) is 36.7. The summed E-state index contributed by atoms with van der Waals surface area (Å²) in [5, 5.41) is 9.33. The minimum atomic E-state index is 0.845.